The molecule has 1 heterocycles. The van der Waals surface area contributed by atoms with Gasteiger partial charge in [-0.25, -0.2) is 14.8 Å². The van der Waals surface area contributed by atoms with E-state index < -0.39 is 6.09 Å². The summed E-state index contributed by atoms with van der Waals surface area (Å²) in [6.45, 7) is 4.68. The number of rotatable bonds is 14. The third kappa shape index (κ3) is 8.15. The molecule has 0 saturated carbocycles. The molecule has 1 amide bonds. The Balaban J connectivity index is 1.61. The number of carbonyl (C=O) groups is 1. The standard InChI is InChI=1S/C19H26ClN3O7/c1-13-22-15-12-17(16(26-2)11-14(15)18(20)23-13)30-10-9-29-8-7-28-6-5-27-4-3-21-19(24)25/h11-12,21H,3-10H2,1-2H3,(H,24,25). The van der Waals surface area contributed by atoms with Crippen molar-refractivity contribution in [3.63, 3.8) is 0 Å². The number of fused-ring (bicyclic) bond motifs is 1. The van der Waals surface area contributed by atoms with Crippen molar-refractivity contribution in [2.75, 3.05) is 59.9 Å². The van der Waals surface area contributed by atoms with E-state index in [1.807, 2.05) is 0 Å². The van der Waals surface area contributed by atoms with E-state index in [-0.39, 0.29) is 6.54 Å². The first-order valence-electron chi connectivity index (χ1n) is 9.36. The van der Waals surface area contributed by atoms with Crippen molar-refractivity contribution in [3.8, 4) is 11.5 Å². The van der Waals surface area contributed by atoms with Crippen molar-refractivity contribution in [1.29, 1.82) is 0 Å². The molecule has 166 valence electrons. The van der Waals surface area contributed by atoms with Crippen LogP contribution in [0.5, 0.6) is 11.5 Å². The maximum atomic E-state index is 10.2. The predicted octanol–water partition coefficient (Wildman–Crippen LogP) is 2.30. The highest BCUT2D eigenvalue weighted by Crippen LogP contribution is 2.34. The van der Waals surface area contributed by atoms with Gasteiger partial charge in [0, 0.05) is 18.0 Å². The Morgan fingerprint density at radius 3 is 2.27 bits per heavy atom. The normalized spacial score (nSPS) is 10.9. The molecule has 2 N–H and O–H groups in total. The maximum Gasteiger partial charge on any atom is 0.404 e. The van der Waals surface area contributed by atoms with Crippen LogP contribution >= 0.6 is 11.6 Å². The number of benzene rings is 1. The number of halogens is 1. The fourth-order valence-electron chi connectivity index (χ4n) is 2.46. The van der Waals surface area contributed by atoms with E-state index in [1.54, 1.807) is 26.2 Å². The van der Waals surface area contributed by atoms with E-state index in [9.17, 15) is 4.79 Å². The fraction of sp³-hybridized carbons (Fsp3) is 0.526. The van der Waals surface area contributed by atoms with Crippen LogP contribution in [0.2, 0.25) is 5.15 Å². The minimum absolute atomic E-state index is 0.250. The van der Waals surface area contributed by atoms with Gasteiger partial charge in [-0.05, 0) is 13.0 Å². The first-order valence-corrected chi connectivity index (χ1v) is 9.73. The lowest BCUT2D eigenvalue weighted by molar-refractivity contribution is 0.00981. The van der Waals surface area contributed by atoms with Crippen LogP contribution in [0.4, 0.5) is 4.79 Å². The van der Waals surface area contributed by atoms with Crippen molar-refractivity contribution in [3.05, 3.63) is 23.1 Å². The molecule has 0 spiro atoms. The molecule has 0 aliphatic carbocycles. The minimum atomic E-state index is -1.07. The summed E-state index contributed by atoms with van der Waals surface area (Å²) < 4.78 is 27.2. The van der Waals surface area contributed by atoms with Crippen LogP contribution in [0, 0.1) is 6.92 Å². The lowest BCUT2D eigenvalue weighted by Gasteiger charge is -2.13. The zero-order valence-electron chi connectivity index (χ0n) is 17.0. The zero-order chi connectivity index (χ0) is 21.8. The Kier molecular flexibility index (Phi) is 10.4. The summed E-state index contributed by atoms with van der Waals surface area (Å²) in [4.78, 5) is 18.8. The average molecular weight is 444 g/mol. The molecule has 0 bridgehead atoms. The van der Waals surface area contributed by atoms with E-state index in [1.165, 1.54) is 0 Å². The molecule has 0 saturated heterocycles. The summed E-state index contributed by atoms with van der Waals surface area (Å²) in [7, 11) is 1.55. The zero-order valence-corrected chi connectivity index (χ0v) is 17.7. The van der Waals surface area contributed by atoms with Gasteiger partial charge in [0.1, 0.15) is 17.6 Å². The Labute approximate surface area is 179 Å². The van der Waals surface area contributed by atoms with Crippen LogP contribution in [-0.2, 0) is 14.2 Å². The highest BCUT2D eigenvalue weighted by molar-refractivity contribution is 6.34. The average Bonchev–Trinajstić information content (AvgIpc) is 2.70. The van der Waals surface area contributed by atoms with Crippen molar-refractivity contribution >= 4 is 28.6 Å². The van der Waals surface area contributed by atoms with Crippen molar-refractivity contribution in [2.24, 2.45) is 0 Å². The summed E-state index contributed by atoms with van der Waals surface area (Å²) in [5.41, 5.74) is 0.679. The Hall–Kier alpha value is -2.40. The van der Waals surface area contributed by atoms with E-state index in [2.05, 4.69) is 15.3 Å². The van der Waals surface area contributed by atoms with Gasteiger partial charge < -0.3 is 34.1 Å². The topological polar surface area (TPSA) is 121 Å². The van der Waals surface area contributed by atoms with Crippen LogP contribution < -0.4 is 14.8 Å². The maximum absolute atomic E-state index is 10.2. The van der Waals surface area contributed by atoms with Crippen LogP contribution in [0.1, 0.15) is 5.82 Å². The first-order chi connectivity index (χ1) is 14.5. The van der Waals surface area contributed by atoms with Gasteiger partial charge >= 0.3 is 6.09 Å². The van der Waals surface area contributed by atoms with Gasteiger partial charge in [-0.3, -0.25) is 0 Å². The summed E-state index contributed by atoms with van der Waals surface area (Å²) in [6, 6.07) is 3.52. The second-order valence-electron chi connectivity index (χ2n) is 6.00. The minimum Gasteiger partial charge on any atom is -0.493 e. The molecule has 0 atom stereocenters. The quantitative estimate of drug-likeness (QED) is 0.334. The second-order valence-corrected chi connectivity index (χ2v) is 6.36. The predicted molar refractivity (Wildman–Crippen MR) is 110 cm³/mol. The molecule has 2 aromatic rings. The van der Waals surface area contributed by atoms with Gasteiger partial charge in [-0.1, -0.05) is 11.6 Å². The van der Waals surface area contributed by atoms with Crippen LogP contribution in [0.25, 0.3) is 10.9 Å². The van der Waals surface area contributed by atoms with Crippen LogP contribution in [0.15, 0.2) is 12.1 Å². The summed E-state index contributed by atoms with van der Waals surface area (Å²) >= 11 is 6.17. The van der Waals surface area contributed by atoms with E-state index >= 15 is 0 Å². The molecule has 1 aromatic carbocycles. The number of hydrogen-bond donors (Lipinski definition) is 2. The molecule has 10 nitrogen and oxygen atoms in total. The number of methoxy groups -OCH3 is 1. The molecular weight excluding hydrogens is 418 g/mol. The van der Waals surface area contributed by atoms with Gasteiger partial charge in [0.15, 0.2) is 11.5 Å². The highest BCUT2D eigenvalue weighted by atomic mass is 35.5. The van der Waals surface area contributed by atoms with Gasteiger partial charge in [0.2, 0.25) is 0 Å². The summed E-state index contributed by atoms with van der Waals surface area (Å²) in [5, 5.41) is 11.7. The monoisotopic (exact) mass is 443 g/mol. The number of carboxylic acid groups (broad SMARTS) is 1. The number of nitrogens with zero attached hydrogens (tertiary/aromatic N) is 2. The number of aromatic nitrogens is 2. The van der Waals surface area contributed by atoms with Gasteiger partial charge in [0.05, 0.1) is 52.3 Å². The van der Waals surface area contributed by atoms with E-state index in [4.69, 9.17) is 40.4 Å². The van der Waals surface area contributed by atoms with E-state index in [0.717, 1.165) is 0 Å². The van der Waals surface area contributed by atoms with E-state index in [0.29, 0.717) is 79.6 Å². The molecule has 0 unspecified atom stereocenters. The molecule has 0 aliphatic rings. The van der Waals surface area contributed by atoms with Gasteiger partial charge in [-0.15, -0.1) is 0 Å². The fourth-order valence-corrected chi connectivity index (χ4v) is 2.74. The summed E-state index contributed by atoms with van der Waals surface area (Å²) in [6.07, 6.45) is -1.07. The number of nitrogens with one attached hydrogen (secondary N) is 1. The molecule has 11 heteroatoms. The highest BCUT2D eigenvalue weighted by Gasteiger charge is 2.11. The van der Waals surface area contributed by atoms with Gasteiger partial charge in [0.25, 0.3) is 0 Å². The smallest absolute Gasteiger partial charge is 0.404 e. The Morgan fingerprint density at radius 2 is 1.63 bits per heavy atom. The lowest BCUT2D eigenvalue weighted by Crippen LogP contribution is -2.25. The molecule has 0 fully saturated rings. The number of aryl methyl sites for hydroxylation is 1. The van der Waals surface area contributed by atoms with Crippen LogP contribution in [-0.4, -0.2) is 81.1 Å². The van der Waals surface area contributed by atoms with Gasteiger partial charge in [-0.2, -0.15) is 0 Å². The number of amides is 1. The molecule has 1 aromatic heterocycles. The van der Waals surface area contributed by atoms with Crippen molar-refractivity contribution in [1.82, 2.24) is 15.3 Å². The molecule has 0 radical (unpaired) electrons. The number of ether oxygens (including phenoxy) is 5. The lowest BCUT2D eigenvalue weighted by atomic mass is 10.2. The van der Waals surface area contributed by atoms with Crippen molar-refractivity contribution < 1.29 is 33.6 Å². The molecular formula is C19H26ClN3O7. The third-order valence-corrected chi connectivity index (χ3v) is 4.09. The van der Waals surface area contributed by atoms with Crippen molar-refractivity contribution in [2.45, 2.75) is 6.92 Å². The largest absolute Gasteiger partial charge is 0.493 e. The molecule has 2 rings (SSSR count). The first kappa shape index (κ1) is 23.9. The number of hydrogen-bond acceptors (Lipinski definition) is 8. The molecule has 0 aliphatic heterocycles. The SMILES string of the molecule is COc1cc2c(Cl)nc(C)nc2cc1OCCOCCOCCOCCNC(=O)O. The summed E-state index contributed by atoms with van der Waals surface area (Å²) in [5.74, 6) is 1.67. The van der Waals surface area contributed by atoms with Crippen LogP contribution in [0.3, 0.4) is 0 Å². The Bertz CT molecular complexity index is 822. The second kappa shape index (κ2) is 13.0. The Morgan fingerprint density at radius 1 is 1.00 bits per heavy atom. The molecule has 30 heavy (non-hydrogen) atoms. The third-order valence-electron chi connectivity index (χ3n) is 3.80.